The predicted octanol–water partition coefficient (Wildman–Crippen LogP) is 2.73. The van der Waals surface area contributed by atoms with Crippen LogP contribution in [0.25, 0.3) is 22.6 Å². The zero-order chi connectivity index (χ0) is 27.1. The molecule has 3 N–H and O–H groups in total. The molecule has 0 aliphatic carbocycles. The molecule has 12 heteroatoms. The minimum atomic E-state index is -0.837. The molecule has 0 spiro atoms. The van der Waals surface area contributed by atoms with Crippen molar-refractivity contribution in [2.24, 2.45) is 5.41 Å². The smallest absolute Gasteiger partial charge is 0.230 e. The van der Waals surface area contributed by atoms with E-state index < -0.39 is 11.7 Å². The molecule has 1 aliphatic heterocycles. The summed E-state index contributed by atoms with van der Waals surface area (Å²) in [6, 6.07) is 9.63. The fourth-order valence-corrected chi connectivity index (χ4v) is 3.92. The number of anilines is 1. The van der Waals surface area contributed by atoms with Gasteiger partial charge in [-0.2, -0.15) is 5.26 Å². The van der Waals surface area contributed by atoms with Crippen molar-refractivity contribution < 1.29 is 18.7 Å². The second-order valence-electron chi connectivity index (χ2n) is 9.56. The summed E-state index contributed by atoms with van der Waals surface area (Å²) < 4.78 is 25.5. The second-order valence-corrected chi connectivity index (χ2v) is 9.56. The summed E-state index contributed by atoms with van der Waals surface area (Å²) in [5.41, 5.74) is 1.40. The Bertz CT molecular complexity index is 1280. The van der Waals surface area contributed by atoms with E-state index in [0.717, 1.165) is 13.0 Å². The Labute approximate surface area is 220 Å². The van der Waals surface area contributed by atoms with Gasteiger partial charge in [0, 0.05) is 18.3 Å². The number of imidazole rings is 1. The SMILES string of the molecule is CN(C)CCCNC(=O)C1(C)COC(c2nc(-c3ccc(F)cc3)c(-c3ccnc(NCC#N)n3)[nH]2)OC1. The largest absolute Gasteiger partial charge is 0.355 e. The number of aromatic amines is 1. The first kappa shape index (κ1) is 27.1. The summed E-state index contributed by atoms with van der Waals surface area (Å²) in [6.07, 6.45) is 1.57. The zero-order valence-corrected chi connectivity index (χ0v) is 21.6. The van der Waals surface area contributed by atoms with Crippen LogP contribution in [0.3, 0.4) is 0 Å². The van der Waals surface area contributed by atoms with Crippen LogP contribution in [0.15, 0.2) is 36.5 Å². The quantitative estimate of drug-likeness (QED) is 0.271. The van der Waals surface area contributed by atoms with Crippen LogP contribution in [0.1, 0.15) is 25.5 Å². The predicted molar refractivity (Wildman–Crippen MR) is 138 cm³/mol. The highest BCUT2D eigenvalue weighted by atomic mass is 19.1. The Balaban J connectivity index is 1.54. The van der Waals surface area contributed by atoms with Crippen LogP contribution in [0.5, 0.6) is 0 Å². The van der Waals surface area contributed by atoms with E-state index in [2.05, 4.69) is 30.5 Å². The molecule has 3 aromatic rings. The first-order chi connectivity index (χ1) is 18.3. The summed E-state index contributed by atoms with van der Waals surface area (Å²) in [7, 11) is 3.98. The molecule has 0 bridgehead atoms. The molecule has 200 valence electrons. The Morgan fingerprint density at radius 3 is 2.66 bits per heavy atom. The maximum atomic E-state index is 13.6. The van der Waals surface area contributed by atoms with Gasteiger partial charge in [0.25, 0.3) is 0 Å². The van der Waals surface area contributed by atoms with Gasteiger partial charge >= 0.3 is 0 Å². The molecule has 1 amide bonds. The molecule has 0 radical (unpaired) electrons. The number of aromatic nitrogens is 4. The van der Waals surface area contributed by atoms with Gasteiger partial charge in [0.1, 0.15) is 12.4 Å². The number of hydrogen-bond donors (Lipinski definition) is 3. The number of ether oxygens (including phenoxy) is 2. The topological polar surface area (TPSA) is 141 Å². The van der Waals surface area contributed by atoms with Gasteiger partial charge in [0.15, 0.2) is 5.82 Å². The molecule has 1 fully saturated rings. The lowest BCUT2D eigenvalue weighted by Gasteiger charge is -2.35. The number of nitrogens with zero attached hydrogens (tertiary/aromatic N) is 5. The van der Waals surface area contributed by atoms with Crippen LogP contribution >= 0.6 is 0 Å². The number of hydrogen-bond acceptors (Lipinski definition) is 9. The second kappa shape index (κ2) is 12.1. The van der Waals surface area contributed by atoms with Crippen molar-refractivity contribution in [1.29, 1.82) is 5.26 Å². The Kier molecular flexibility index (Phi) is 8.62. The Morgan fingerprint density at radius 2 is 1.97 bits per heavy atom. The minimum Gasteiger partial charge on any atom is -0.355 e. The van der Waals surface area contributed by atoms with Crippen molar-refractivity contribution in [3.05, 3.63) is 48.2 Å². The van der Waals surface area contributed by atoms with Crippen molar-refractivity contribution in [2.75, 3.05) is 52.3 Å². The molecule has 0 saturated carbocycles. The maximum Gasteiger partial charge on any atom is 0.230 e. The van der Waals surface area contributed by atoms with Gasteiger partial charge in [-0.25, -0.2) is 19.3 Å². The van der Waals surface area contributed by atoms with Crippen molar-refractivity contribution >= 4 is 11.9 Å². The Hall–Kier alpha value is -3.92. The van der Waals surface area contributed by atoms with Crippen LogP contribution < -0.4 is 10.6 Å². The highest BCUT2D eigenvalue weighted by molar-refractivity contribution is 5.82. The van der Waals surface area contributed by atoms with E-state index in [4.69, 9.17) is 19.7 Å². The molecular formula is C26H31FN8O3. The van der Waals surface area contributed by atoms with E-state index in [1.165, 1.54) is 12.1 Å². The summed E-state index contributed by atoms with van der Waals surface area (Å²) in [5, 5.41) is 14.6. The lowest BCUT2D eigenvalue weighted by atomic mass is 9.91. The fraction of sp³-hybridized carbons (Fsp3) is 0.423. The van der Waals surface area contributed by atoms with E-state index in [9.17, 15) is 9.18 Å². The van der Waals surface area contributed by atoms with Gasteiger partial charge in [0.2, 0.25) is 18.1 Å². The van der Waals surface area contributed by atoms with E-state index >= 15 is 0 Å². The van der Waals surface area contributed by atoms with Crippen molar-refractivity contribution in [1.82, 2.24) is 30.2 Å². The number of nitriles is 1. The molecule has 38 heavy (non-hydrogen) atoms. The molecule has 11 nitrogen and oxygen atoms in total. The highest BCUT2D eigenvalue weighted by Crippen LogP contribution is 2.35. The van der Waals surface area contributed by atoms with E-state index in [1.54, 1.807) is 31.3 Å². The number of benzene rings is 1. The number of halogens is 1. The molecule has 1 saturated heterocycles. The average Bonchev–Trinajstić information content (AvgIpc) is 3.36. The third-order valence-corrected chi connectivity index (χ3v) is 6.02. The molecule has 1 aliphatic rings. The van der Waals surface area contributed by atoms with Gasteiger partial charge < -0.3 is 30.0 Å². The number of H-pyrrole nitrogens is 1. The molecule has 4 rings (SSSR count). The molecule has 0 unspecified atom stereocenters. The molecule has 1 aromatic carbocycles. The average molecular weight is 523 g/mol. The highest BCUT2D eigenvalue weighted by Gasteiger charge is 2.40. The Morgan fingerprint density at radius 1 is 1.24 bits per heavy atom. The maximum absolute atomic E-state index is 13.6. The molecule has 0 atom stereocenters. The van der Waals surface area contributed by atoms with Crippen LogP contribution in [-0.2, 0) is 14.3 Å². The normalized spacial score (nSPS) is 19.2. The summed E-state index contributed by atoms with van der Waals surface area (Å²) in [5.74, 6) is 0.176. The van der Waals surface area contributed by atoms with E-state index in [-0.39, 0.29) is 37.4 Å². The number of rotatable bonds is 10. The van der Waals surface area contributed by atoms with E-state index in [0.29, 0.717) is 35.0 Å². The monoisotopic (exact) mass is 522 g/mol. The number of carbonyl (C=O) groups is 1. The first-order valence-corrected chi connectivity index (χ1v) is 12.3. The fourth-order valence-electron chi connectivity index (χ4n) is 3.92. The summed E-state index contributed by atoms with van der Waals surface area (Å²) in [6.45, 7) is 3.60. The van der Waals surface area contributed by atoms with Gasteiger partial charge in [0.05, 0.1) is 41.8 Å². The number of carbonyl (C=O) groups excluding carboxylic acids is 1. The van der Waals surface area contributed by atoms with Crippen LogP contribution in [-0.4, -0.2) is 77.7 Å². The summed E-state index contributed by atoms with van der Waals surface area (Å²) >= 11 is 0. The van der Waals surface area contributed by atoms with Crippen LogP contribution in [0.2, 0.25) is 0 Å². The molecule has 2 aromatic heterocycles. The van der Waals surface area contributed by atoms with Crippen LogP contribution in [0.4, 0.5) is 10.3 Å². The van der Waals surface area contributed by atoms with E-state index in [1.807, 2.05) is 20.2 Å². The third-order valence-electron chi connectivity index (χ3n) is 6.02. The minimum absolute atomic E-state index is 0.0499. The van der Waals surface area contributed by atoms with Gasteiger partial charge in [-0.15, -0.1) is 0 Å². The molecular weight excluding hydrogens is 491 g/mol. The zero-order valence-electron chi connectivity index (χ0n) is 21.6. The van der Waals surface area contributed by atoms with Crippen LogP contribution in [0, 0.1) is 22.6 Å². The van der Waals surface area contributed by atoms with Gasteiger partial charge in [-0.3, -0.25) is 4.79 Å². The van der Waals surface area contributed by atoms with Crippen molar-refractivity contribution in [2.45, 2.75) is 19.6 Å². The van der Waals surface area contributed by atoms with Gasteiger partial charge in [-0.05, 0) is 64.3 Å². The third kappa shape index (κ3) is 6.49. The lowest BCUT2D eigenvalue weighted by Crippen LogP contribution is -2.49. The number of nitrogens with one attached hydrogen (secondary N) is 3. The van der Waals surface area contributed by atoms with Crippen molar-refractivity contribution in [3.8, 4) is 28.7 Å². The first-order valence-electron chi connectivity index (χ1n) is 12.3. The van der Waals surface area contributed by atoms with Crippen molar-refractivity contribution in [3.63, 3.8) is 0 Å². The lowest BCUT2D eigenvalue weighted by molar-refractivity contribution is -0.231. The van der Waals surface area contributed by atoms with Gasteiger partial charge in [-0.1, -0.05) is 0 Å². The standard InChI is InChI=1S/C26H31FN8O3/c1-26(24(36)29-11-4-14-35(2)3)15-37-23(38-16-26)22-33-20(17-5-7-18(27)8-6-17)21(34-22)19-9-12-30-25(32-19)31-13-10-28/h5-9,12,23H,4,11,13-16H2,1-3H3,(H,29,36)(H,33,34)(H,30,31,32). The summed E-state index contributed by atoms with van der Waals surface area (Å²) in [4.78, 5) is 31.4. The number of amides is 1. The molecule has 3 heterocycles.